The topological polar surface area (TPSA) is 41.1 Å². The number of hydrogen-bond donors (Lipinski definition) is 2. The van der Waals surface area contributed by atoms with Crippen LogP contribution in [0.5, 0.6) is 0 Å². The van der Waals surface area contributed by atoms with Crippen LogP contribution in [-0.4, -0.2) is 37.0 Å². The Morgan fingerprint density at radius 1 is 1.67 bits per heavy atom. The predicted octanol–water partition coefficient (Wildman–Crippen LogP) is 1.24. The van der Waals surface area contributed by atoms with Gasteiger partial charge < -0.3 is 10.6 Å². The second kappa shape index (κ2) is 7.12. The lowest BCUT2D eigenvalue weighted by atomic mass is 10.0. The molecule has 4 heteroatoms. The van der Waals surface area contributed by atoms with Crippen LogP contribution in [0.25, 0.3) is 0 Å². The maximum atomic E-state index is 11.5. The van der Waals surface area contributed by atoms with Crippen LogP contribution in [0.1, 0.15) is 26.2 Å². The highest BCUT2D eigenvalue weighted by atomic mass is 32.2. The van der Waals surface area contributed by atoms with Gasteiger partial charge in [-0.1, -0.05) is 0 Å². The zero-order valence-corrected chi connectivity index (χ0v) is 10.5. The molecule has 0 radical (unpaired) electrons. The van der Waals surface area contributed by atoms with E-state index in [-0.39, 0.29) is 5.91 Å². The summed E-state index contributed by atoms with van der Waals surface area (Å²) in [6.07, 6.45) is 5.01. The van der Waals surface area contributed by atoms with Crippen molar-refractivity contribution in [2.24, 2.45) is 5.92 Å². The Balaban J connectivity index is 2.07. The van der Waals surface area contributed by atoms with E-state index in [9.17, 15) is 4.79 Å². The van der Waals surface area contributed by atoms with Crippen molar-refractivity contribution in [3.8, 4) is 0 Å². The fraction of sp³-hybridized carbons (Fsp3) is 0.909. The third-order valence-electron chi connectivity index (χ3n) is 2.77. The minimum Gasteiger partial charge on any atom is -0.353 e. The third-order valence-corrected chi connectivity index (χ3v) is 3.60. The van der Waals surface area contributed by atoms with Gasteiger partial charge in [-0.15, -0.1) is 0 Å². The van der Waals surface area contributed by atoms with Gasteiger partial charge in [0.2, 0.25) is 5.91 Å². The molecule has 2 atom stereocenters. The SMILES string of the molecule is CSCC(C)NC(=O)CCC1CCNC1. The van der Waals surface area contributed by atoms with E-state index in [0.717, 1.165) is 25.3 Å². The highest BCUT2D eigenvalue weighted by Gasteiger charge is 2.16. The number of hydrogen-bond acceptors (Lipinski definition) is 3. The zero-order valence-electron chi connectivity index (χ0n) is 9.71. The highest BCUT2D eigenvalue weighted by molar-refractivity contribution is 7.98. The van der Waals surface area contributed by atoms with Crippen molar-refractivity contribution >= 4 is 17.7 Å². The zero-order chi connectivity index (χ0) is 11.1. The summed E-state index contributed by atoms with van der Waals surface area (Å²) in [5, 5.41) is 6.35. The summed E-state index contributed by atoms with van der Waals surface area (Å²) in [7, 11) is 0. The van der Waals surface area contributed by atoms with E-state index < -0.39 is 0 Å². The van der Waals surface area contributed by atoms with Crippen molar-refractivity contribution in [3.05, 3.63) is 0 Å². The summed E-state index contributed by atoms with van der Waals surface area (Å²) in [5.41, 5.74) is 0. The predicted molar refractivity (Wildman–Crippen MR) is 66.2 cm³/mol. The molecule has 0 saturated carbocycles. The molecule has 0 bridgehead atoms. The van der Waals surface area contributed by atoms with Gasteiger partial charge in [-0.2, -0.15) is 11.8 Å². The van der Waals surface area contributed by atoms with Gasteiger partial charge in [-0.25, -0.2) is 0 Å². The van der Waals surface area contributed by atoms with Crippen molar-refractivity contribution in [1.82, 2.24) is 10.6 Å². The molecule has 1 rings (SSSR count). The monoisotopic (exact) mass is 230 g/mol. The number of carbonyl (C=O) groups is 1. The molecule has 1 fully saturated rings. The van der Waals surface area contributed by atoms with Crippen molar-refractivity contribution in [3.63, 3.8) is 0 Å². The second-order valence-electron chi connectivity index (χ2n) is 4.32. The Labute approximate surface area is 96.8 Å². The molecule has 1 aliphatic rings. The molecule has 88 valence electrons. The molecule has 2 N–H and O–H groups in total. The number of amides is 1. The molecule has 2 unspecified atom stereocenters. The Morgan fingerprint density at radius 3 is 3.07 bits per heavy atom. The molecule has 15 heavy (non-hydrogen) atoms. The molecule has 1 amide bonds. The summed E-state index contributed by atoms with van der Waals surface area (Å²) in [5.74, 6) is 1.92. The van der Waals surface area contributed by atoms with Crippen molar-refractivity contribution in [1.29, 1.82) is 0 Å². The Morgan fingerprint density at radius 2 is 2.47 bits per heavy atom. The number of carbonyl (C=O) groups excluding carboxylic acids is 1. The van der Waals surface area contributed by atoms with Gasteiger partial charge in [0.05, 0.1) is 0 Å². The van der Waals surface area contributed by atoms with Crippen molar-refractivity contribution in [2.75, 3.05) is 25.1 Å². The van der Waals surface area contributed by atoms with Gasteiger partial charge in [-0.3, -0.25) is 4.79 Å². The van der Waals surface area contributed by atoms with E-state index in [1.165, 1.54) is 6.42 Å². The Bertz CT molecular complexity index is 193. The highest BCUT2D eigenvalue weighted by Crippen LogP contribution is 2.14. The van der Waals surface area contributed by atoms with Crippen molar-refractivity contribution < 1.29 is 4.79 Å². The van der Waals surface area contributed by atoms with Gasteiger partial charge in [0.15, 0.2) is 0 Å². The standard InChI is InChI=1S/C11H22N2OS/c1-9(8-15-2)13-11(14)4-3-10-5-6-12-7-10/h9-10,12H,3-8H2,1-2H3,(H,13,14). The minimum atomic E-state index is 0.212. The average molecular weight is 230 g/mol. The lowest BCUT2D eigenvalue weighted by Crippen LogP contribution is -2.34. The Hall–Kier alpha value is -0.220. The van der Waals surface area contributed by atoms with E-state index in [0.29, 0.717) is 18.4 Å². The average Bonchev–Trinajstić information content (AvgIpc) is 2.67. The van der Waals surface area contributed by atoms with Crippen LogP contribution in [0.2, 0.25) is 0 Å². The molecule has 0 aromatic heterocycles. The molecule has 0 aromatic carbocycles. The summed E-state index contributed by atoms with van der Waals surface area (Å²) < 4.78 is 0. The second-order valence-corrected chi connectivity index (χ2v) is 5.23. The molecule has 1 heterocycles. The van der Waals surface area contributed by atoms with E-state index in [1.54, 1.807) is 11.8 Å². The fourth-order valence-electron chi connectivity index (χ4n) is 1.93. The summed E-state index contributed by atoms with van der Waals surface area (Å²) >= 11 is 1.77. The van der Waals surface area contributed by atoms with Crippen LogP contribution in [0.4, 0.5) is 0 Å². The third kappa shape index (κ3) is 5.42. The molecule has 1 saturated heterocycles. The molecule has 0 spiro atoms. The van der Waals surface area contributed by atoms with Crippen LogP contribution in [0.3, 0.4) is 0 Å². The van der Waals surface area contributed by atoms with Crippen LogP contribution in [0.15, 0.2) is 0 Å². The molecule has 0 aliphatic carbocycles. The van der Waals surface area contributed by atoms with Gasteiger partial charge in [0, 0.05) is 18.2 Å². The molecule has 0 aromatic rings. The molecule has 1 aliphatic heterocycles. The molecular formula is C11H22N2OS. The van der Waals surface area contributed by atoms with E-state index >= 15 is 0 Å². The first-order chi connectivity index (χ1) is 7.22. The van der Waals surface area contributed by atoms with Crippen LogP contribution in [-0.2, 0) is 4.79 Å². The summed E-state index contributed by atoms with van der Waals surface area (Å²) in [6, 6.07) is 0.300. The van der Waals surface area contributed by atoms with Gasteiger partial charge in [-0.05, 0) is 45.0 Å². The summed E-state index contributed by atoms with van der Waals surface area (Å²) in [6.45, 7) is 4.27. The van der Waals surface area contributed by atoms with Gasteiger partial charge in [0.25, 0.3) is 0 Å². The lowest BCUT2D eigenvalue weighted by Gasteiger charge is -2.13. The first kappa shape index (κ1) is 12.8. The van der Waals surface area contributed by atoms with E-state index in [2.05, 4.69) is 23.8 Å². The fourth-order valence-corrected chi connectivity index (χ4v) is 2.52. The maximum Gasteiger partial charge on any atom is 0.220 e. The number of rotatable bonds is 6. The van der Waals surface area contributed by atoms with E-state index in [4.69, 9.17) is 0 Å². The largest absolute Gasteiger partial charge is 0.353 e. The van der Waals surface area contributed by atoms with Crippen LogP contribution in [0, 0.1) is 5.92 Å². The molecular weight excluding hydrogens is 208 g/mol. The molecule has 3 nitrogen and oxygen atoms in total. The minimum absolute atomic E-state index is 0.212. The number of thioether (sulfide) groups is 1. The van der Waals surface area contributed by atoms with Crippen LogP contribution >= 0.6 is 11.8 Å². The van der Waals surface area contributed by atoms with E-state index in [1.807, 2.05) is 0 Å². The summed E-state index contributed by atoms with van der Waals surface area (Å²) in [4.78, 5) is 11.5. The van der Waals surface area contributed by atoms with Gasteiger partial charge >= 0.3 is 0 Å². The van der Waals surface area contributed by atoms with Crippen LogP contribution < -0.4 is 10.6 Å². The maximum absolute atomic E-state index is 11.5. The van der Waals surface area contributed by atoms with Crippen molar-refractivity contribution in [2.45, 2.75) is 32.2 Å². The lowest BCUT2D eigenvalue weighted by molar-refractivity contribution is -0.121. The van der Waals surface area contributed by atoms with Gasteiger partial charge in [0.1, 0.15) is 0 Å². The normalized spacial score (nSPS) is 22.7. The first-order valence-electron chi connectivity index (χ1n) is 5.71. The quantitative estimate of drug-likeness (QED) is 0.721. The number of nitrogens with one attached hydrogen (secondary N) is 2. The first-order valence-corrected chi connectivity index (χ1v) is 7.10. The smallest absolute Gasteiger partial charge is 0.220 e. The Kier molecular flexibility index (Phi) is 6.10.